The fourth-order valence-electron chi connectivity index (χ4n) is 1.93. The van der Waals surface area contributed by atoms with Crippen LogP contribution in [0.15, 0.2) is 16.6 Å². The normalized spacial score (nSPS) is 16.9. The molecular weight excluding hydrogens is 300 g/mol. The van der Waals surface area contributed by atoms with Crippen molar-refractivity contribution in [3.05, 3.63) is 27.7 Å². The lowest BCUT2D eigenvalue weighted by Crippen LogP contribution is -2.17. The number of rotatable bonds is 3. The van der Waals surface area contributed by atoms with Crippen LogP contribution in [0.4, 0.5) is 0 Å². The molecule has 5 heteroatoms. The molecule has 0 saturated carbocycles. The number of ketones is 1. The van der Waals surface area contributed by atoms with E-state index in [2.05, 4.69) is 15.9 Å². The van der Waals surface area contributed by atoms with Crippen molar-refractivity contribution in [3.63, 3.8) is 0 Å². The van der Waals surface area contributed by atoms with Gasteiger partial charge in [0.2, 0.25) is 0 Å². The van der Waals surface area contributed by atoms with Gasteiger partial charge in [-0.05, 0) is 47.5 Å². The second kappa shape index (κ2) is 5.10. The Morgan fingerprint density at radius 3 is 2.89 bits per heavy atom. The number of halogens is 1. The summed E-state index contributed by atoms with van der Waals surface area (Å²) < 4.78 is 11.0. The molecule has 1 aromatic rings. The second-order valence-electron chi connectivity index (χ2n) is 4.13. The molecule has 0 bridgehead atoms. The van der Waals surface area contributed by atoms with E-state index in [1.165, 1.54) is 0 Å². The maximum atomic E-state index is 11.8. The summed E-state index contributed by atoms with van der Waals surface area (Å²) in [6.07, 6.45) is 0.821. The molecule has 1 aliphatic rings. The lowest BCUT2D eigenvalue weighted by Gasteiger charge is -2.06. The summed E-state index contributed by atoms with van der Waals surface area (Å²) in [5, 5.41) is 0. The molecule has 0 aliphatic carbocycles. The Morgan fingerprint density at radius 2 is 2.22 bits per heavy atom. The van der Waals surface area contributed by atoms with Crippen molar-refractivity contribution in [2.45, 2.75) is 26.4 Å². The Balaban J connectivity index is 2.32. The first-order valence-electron chi connectivity index (χ1n) is 5.73. The summed E-state index contributed by atoms with van der Waals surface area (Å²) in [4.78, 5) is 23.2. The molecule has 0 saturated heterocycles. The average molecular weight is 313 g/mol. The predicted octanol–water partition coefficient (Wildman–Crippen LogP) is 2.52. The number of Topliss-reactive ketones (excluding diaryl/α,β-unsaturated/α-hetero) is 1. The zero-order chi connectivity index (χ0) is 13.3. The molecule has 0 fully saturated rings. The molecule has 18 heavy (non-hydrogen) atoms. The van der Waals surface area contributed by atoms with Gasteiger partial charge in [0, 0.05) is 12.0 Å². The van der Waals surface area contributed by atoms with Gasteiger partial charge in [-0.1, -0.05) is 0 Å². The van der Waals surface area contributed by atoms with E-state index in [4.69, 9.17) is 9.47 Å². The van der Waals surface area contributed by atoms with Crippen molar-refractivity contribution >= 4 is 27.7 Å². The van der Waals surface area contributed by atoms with E-state index in [-0.39, 0.29) is 12.7 Å². The highest BCUT2D eigenvalue weighted by Crippen LogP contribution is 2.37. The minimum absolute atomic E-state index is 0.0873. The van der Waals surface area contributed by atoms with E-state index >= 15 is 0 Å². The predicted molar refractivity (Wildman–Crippen MR) is 68.9 cm³/mol. The Morgan fingerprint density at radius 1 is 1.50 bits per heavy atom. The fraction of sp³-hybridized carbons (Fsp3) is 0.385. The molecule has 0 amide bonds. The van der Waals surface area contributed by atoms with Crippen LogP contribution in [0.25, 0.3) is 0 Å². The SMILES string of the molecule is CCOC(=O)C(=O)c1cc(Br)c2c(c1)CC(C)O2. The lowest BCUT2D eigenvalue weighted by atomic mass is 10.0. The number of hydrogen-bond acceptors (Lipinski definition) is 4. The molecule has 1 unspecified atom stereocenters. The van der Waals surface area contributed by atoms with Gasteiger partial charge < -0.3 is 9.47 Å². The third-order valence-electron chi connectivity index (χ3n) is 2.67. The lowest BCUT2D eigenvalue weighted by molar-refractivity contribution is -0.137. The van der Waals surface area contributed by atoms with Gasteiger partial charge in [0.15, 0.2) is 0 Å². The van der Waals surface area contributed by atoms with Crippen LogP contribution >= 0.6 is 15.9 Å². The monoisotopic (exact) mass is 312 g/mol. The van der Waals surface area contributed by atoms with Gasteiger partial charge in [0.05, 0.1) is 11.1 Å². The van der Waals surface area contributed by atoms with Crippen LogP contribution in [0, 0.1) is 0 Å². The summed E-state index contributed by atoms with van der Waals surface area (Å²) in [5.74, 6) is -0.695. The van der Waals surface area contributed by atoms with E-state index in [9.17, 15) is 9.59 Å². The van der Waals surface area contributed by atoms with E-state index < -0.39 is 11.8 Å². The second-order valence-corrected chi connectivity index (χ2v) is 4.98. The number of ether oxygens (including phenoxy) is 2. The number of carbonyl (C=O) groups is 2. The number of fused-ring (bicyclic) bond motifs is 1. The third-order valence-corrected chi connectivity index (χ3v) is 3.26. The summed E-state index contributed by atoms with van der Waals surface area (Å²) in [5.41, 5.74) is 1.27. The molecule has 96 valence electrons. The number of hydrogen-bond donors (Lipinski definition) is 0. The summed E-state index contributed by atoms with van der Waals surface area (Å²) in [7, 11) is 0. The summed E-state index contributed by atoms with van der Waals surface area (Å²) in [6, 6.07) is 3.29. The molecule has 0 radical (unpaired) electrons. The molecule has 4 nitrogen and oxygen atoms in total. The van der Waals surface area contributed by atoms with Gasteiger partial charge in [-0.15, -0.1) is 0 Å². The highest BCUT2D eigenvalue weighted by atomic mass is 79.9. The average Bonchev–Trinajstić information content (AvgIpc) is 2.69. The molecular formula is C13H13BrO4. The maximum Gasteiger partial charge on any atom is 0.379 e. The van der Waals surface area contributed by atoms with Gasteiger partial charge in [-0.3, -0.25) is 4.79 Å². The highest BCUT2D eigenvalue weighted by molar-refractivity contribution is 9.10. The van der Waals surface area contributed by atoms with Crippen molar-refractivity contribution in [1.29, 1.82) is 0 Å². The van der Waals surface area contributed by atoms with Crippen LogP contribution in [0.1, 0.15) is 29.8 Å². The fourth-order valence-corrected chi connectivity index (χ4v) is 2.53. The summed E-state index contributed by atoms with van der Waals surface area (Å²) >= 11 is 3.35. The molecule has 1 atom stereocenters. The zero-order valence-electron chi connectivity index (χ0n) is 10.2. The van der Waals surface area contributed by atoms with Crippen molar-refractivity contribution in [3.8, 4) is 5.75 Å². The molecule has 0 N–H and O–H groups in total. The smallest absolute Gasteiger partial charge is 0.379 e. The molecule has 0 aromatic heterocycles. The van der Waals surface area contributed by atoms with Crippen LogP contribution in [0.2, 0.25) is 0 Å². The van der Waals surface area contributed by atoms with Crippen LogP contribution in [0.5, 0.6) is 5.75 Å². The standard InChI is InChI=1S/C13H13BrO4/c1-3-17-13(16)11(15)8-5-9-4-7(2)18-12(9)10(14)6-8/h5-7H,3-4H2,1-2H3. The number of esters is 1. The van der Waals surface area contributed by atoms with Gasteiger partial charge >= 0.3 is 5.97 Å². The van der Waals surface area contributed by atoms with Crippen molar-refractivity contribution in [2.75, 3.05) is 6.61 Å². The molecule has 1 heterocycles. The third kappa shape index (κ3) is 2.41. The first-order valence-corrected chi connectivity index (χ1v) is 6.52. The first kappa shape index (κ1) is 13.1. The Hall–Kier alpha value is -1.36. The van der Waals surface area contributed by atoms with E-state index in [1.807, 2.05) is 6.92 Å². The van der Waals surface area contributed by atoms with Crippen LogP contribution in [-0.2, 0) is 16.0 Å². The molecule has 0 spiro atoms. The van der Waals surface area contributed by atoms with E-state index in [0.29, 0.717) is 10.0 Å². The quantitative estimate of drug-likeness (QED) is 0.489. The van der Waals surface area contributed by atoms with Crippen molar-refractivity contribution in [2.24, 2.45) is 0 Å². The molecule has 1 aromatic carbocycles. The number of carbonyl (C=O) groups excluding carboxylic acids is 2. The van der Waals surface area contributed by atoms with Crippen LogP contribution in [0.3, 0.4) is 0 Å². The maximum absolute atomic E-state index is 11.8. The highest BCUT2D eigenvalue weighted by Gasteiger charge is 2.26. The van der Waals surface area contributed by atoms with Gasteiger partial charge in [-0.2, -0.15) is 0 Å². The van der Waals surface area contributed by atoms with E-state index in [1.54, 1.807) is 19.1 Å². The van der Waals surface area contributed by atoms with Crippen LogP contribution in [-0.4, -0.2) is 24.5 Å². The minimum atomic E-state index is -0.823. The minimum Gasteiger partial charge on any atom is -0.489 e. The largest absolute Gasteiger partial charge is 0.489 e. The van der Waals surface area contributed by atoms with Crippen molar-refractivity contribution in [1.82, 2.24) is 0 Å². The summed E-state index contributed by atoms with van der Waals surface area (Å²) in [6.45, 7) is 3.81. The Labute approximate surface area is 113 Å². The number of benzene rings is 1. The molecule has 1 aliphatic heterocycles. The van der Waals surface area contributed by atoms with Gasteiger partial charge in [-0.25, -0.2) is 4.79 Å². The molecule has 2 rings (SSSR count). The first-order chi connectivity index (χ1) is 8.52. The Kier molecular flexibility index (Phi) is 3.71. The van der Waals surface area contributed by atoms with E-state index in [0.717, 1.165) is 17.7 Å². The van der Waals surface area contributed by atoms with Gasteiger partial charge in [0.1, 0.15) is 11.9 Å². The Bertz CT molecular complexity index is 510. The topological polar surface area (TPSA) is 52.6 Å². The zero-order valence-corrected chi connectivity index (χ0v) is 11.7. The van der Waals surface area contributed by atoms with Gasteiger partial charge in [0.25, 0.3) is 5.78 Å². The van der Waals surface area contributed by atoms with Crippen molar-refractivity contribution < 1.29 is 19.1 Å². The van der Waals surface area contributed by atoms with Crippen LogP contribution < -0.4 is 4.74 Å².